The van der Waals surface area contributed by atoms with Crippen molar-refractivity contribution >= 4 is 29.1 Å². The van der Waals surface area contributed by atoms with E-state index in [4.69, 9.17) is 32.7 Å². The Morgan fingerprint density at radius 1 is 0.955 bits per heavy atom. The van der Waals surface area contributed by atoms with Crippen LogP contribution < -0.4 is 5.32 Å². The zero-order valence-corrected chi connectivity index (χ0v) is 25.2. The number of hydrogen-bond acceptors (Lipinski definition) is 6. The molecule has 1 saturated heterocycles. The predicted octanol–water partition coefficient (Wildman–Crippen LogP) is 6.92. The van der Waals surface area contributed by atoms with E-state index in [-0.39, 0.29) is 29.9 Å². The first-order chi connectivity index (χ1) is 21.5. The lowest BCUT2D eigenvalue weighted by atomic mass is 9.97. The Balaban J connectivity index is 1.21. The van der Waals surface area contributed by atoms with Gasteiger partial charge in [0.15, 0.2) is 11.4 Å². The highest BCUT2D eigenvalue weighted by Gasteiger charge is 2.33. The van der Waals surface area contributed by atoms with Gasteiger partial charge in [-0.15, -0.1) is 0 Å². The van der Waals surface area contributed by atoms with Crippen molar-refractivity contribution in [2.24, 2.45) is 0 Å². The molecule has 3 aromatic carbocycles. The third-order valence-corrected chi connectivity index (χ3v) is 8.39. The summed E-state index contributed by atoms with van der Waals surface area (Å²) in [7, 11) is 0. The summed E-state index contributed by atoms with van der Waals surface area (Å²) in [5.41, 5.74) is 6.22. The van der Waals surface area contributed by atoms with Crippen LogP contribution in [0.3, 0.4) is 0 Å². The fourth-order valence-corrected chi connectivity index (χ4v) is 5.59. The SMILES string of the molecule is O=C(NCc1ccccc1-c1ccc([C@H]2O[C@@H](Cn3cnc(Cl)c3Cl)C[C@@H](c3ccc(CO)cc3)O2)cc1)c1cccnc1. The molecular formula is C34H30Cl2N4O4. The largest absolute Gasteiger partial charge is 0.392 e. The Bertz CT molecular complexity index is 1710. The number of imidazole rings is 1. The van der Waals surface area contributed by atoms with Crippen LogP contribution in [-0.2, 0) is 29.2 Å². The van der Waals surface area contributed by atoms with Crippen LogP contribution in [0.25, 0.3) is 11.1 Å². The van der Waals surface area contributed by atoms with Crippen molar-refractivity contribution in [2.45, 2.75) is 44.6 Å². The number of rotatable bonds is 9. The van der Waals surface area contributed by atoms with E-state index in [1.165, 1.54) is 0 Å². The molecule has 1 aliphatic rings. The predicted molar refractivity (Wildman–Crippen MR) is 168 cm³/mol. The number of nitrogens with one attached hydrogen (secondary N) is 1. The Kier molecular flexibility index (Phi) is 9.35. The second-order valence-corrected chi connectivity index (χ2v) is 11.2. The van der Waals surface area contributed by atoms with Crippen molar-refractivity contribution in [3.05, 3.63) is 142 Å². The fourth-order valence-electron chi connectivity index (χ4n) is 5.27. The molecule has 44 heavy (non-hydrogen) atoms. The molecule has 5 aromatic rings. The molecule has 8 nitrogen and oxygen atoms in total. The molecule has 6 rings (SSSR count). The van der Waals surface area contributed by atoms with Crippen LogP contribution in [-0.4, -0.2) is 31.7 Å². The quantitative estimate of drug-likeness (QED) is 0.184. The van der Waals surface area contributed by atoms with E-state index in [0.29, 0.717) is 30.2 Å². The van der Waals surface area contributed by atoms with Crippen LogP contribution in [0.1, 0.15) is 51.4 Å². The number of aromatic nitrogens is 3. The second kappa shape index (κ2) is 13.7. The first-order valence-electron chi connectivity index (χ1n) is 14.2. The molecule has 1 aliphatic heterocycles. The number of aliphatic hydroxyl groups is 1. The molecule has 2 N–H and O–H groups in total. The zero-order chi connectivity index (χ0) is 30.5. The molecule has 0 aliphatic carbocycles. The van der Waals surface area contributed by atoms with E-state index in [0.717, 1.165) is 33.4 Å². The number of halogens is 2. The van der Waals surface area contributed by atoms with E-state index in [1.807, 2.05) is 72.8 Å². The van der Waals surface area contributed by atoms with Gasteiger partial charge in [0.2, 0.25) is 0 Å². The Morgan fingerprint density at radius 2 is 1.73 bits per heavy atom. The highest BCUT2D eigenvalue weighted by molar-refractivity contribution is 6.40. The number of hydrogen-bond donors (Lipinski definition) is 2. The van der Waals surface area contributed by atoms with Crippen LogP contribution in [0.2, 0.25) is 10.3 Å². The van der Waals surface area contributed by atoms with Crippen LogP contribution in [0.4, 0.5) is 0 Å². The van der Waals surface area contributed by atoms with E-state index in [2.05, 4.69) is 15.3 Å². The van der Waals surface area contributed by atoms with E-state index in [9.17, 15) is 9.90 Å². The lowest BCUT2D eigenvalue weighted by Gasteiger charge is -2.36. The van der Waals surface area contributed by atoms with Crippen molar-refractivity contribution in [1.82, 2.24) is 19.9 Å². The third-order valence-electron chi connectivity index (χ3n) is 7.62. The molecule has 224 valence electrons. The van der Waals surface area contributed by atoms with Crippen molar-refractivity contribution < 1.29 is 19.4 Å². The number of carbonyl (C=O) groups is 1. The zero-order valence-electron chi connectivity index (χ0n) is 23.6. The number of ether oxygens (including phenoxy) is 2. The summed E-state index contributed by atoms with van der Waals surface area (Å²) in [6.07, 6.45) is 4.29. The van der Waals surface area contributed by atoms with E-state index in [1.54, 1.807) is 35.4 Å². The Labute approximate surface area is 265 Å². The van der Waals surface area contributed by atoms with Gasteiger partial charge >= 0.3 is 0 Å². The standard InChI is InChI=1S/C34H30Cl2N4O4/c35-31-32(36)40(21-39-31)19-28-16-30(24-9-7-22(20-41)8-10-24)44-34(43-28)25-13-11-23(12-14-25)29-6-2-1-4-26(29)18-38-33(42)27-5-3-15-37-17-27/h1-15,17,21,28,30,34,41H,16,18-20H2,(H,38,42)/t28-,30+,34+/m1/s1. The maximum absolute atomic E-state index is 12.6. The molecule has 0 bridgehead atoms. The van der Waals surface area contributed by atoms with Crippen LogP contribution in [0.5, 0.6) is 0 Å². The average Bonchev–Trinajstić information content (AvgIpc) is 3.39. The molecule has 2 aromatic heterocycles. The van der Waals surface area contributed by atoms with Crippen molar-refractivity contribution in [1.29, 1.82) is 0 Å². The summed E-state index contributed by atoms with van der Waals surface area (Å²) >= 11 is 12.5. The number of benzene rings is 3. The summed E-state index contributed by atoms with van der Waals surface area (Å²) in [4.78, 5) is 20.7. The van der Waals surface area contributed by atoms with Gasteiger partial charge in [-0.2, -0.15) is 0 Å². The first-order valence-corrected chi connectivity index (χ1v) is 15.0. The summed E-state index contributed by atoms with van der Waals surface area (Å²) in [6, 6.07) is 27.3. The summed E-state index contributed by atoms with van der Waals surface area (Å²) in [5.74, 6) is -0.177. The molecule has 10 heteroatoms. The topological polar surface area (TPSA) is 98.5 Å². The van der Waals surface area contributed by atoms with Crippen LogP contribution >= 0.6 is 23.2 Å². The minimum atomic E-state index is -0.628. The number of nitrogens with zero attached hydrogens (tertiary/aromatic N) is 3. The lowest BCUT2D eigenvalue weighted by molar-refractivity contribution is -0.252. The van der Waals surface area contributed by atoms with Crippen LogP contribution in [0, 0.1) is 0 Å². The molecule has 1 amide bonds. The van der Waals surface area contributed by atoms with Gasteiger partial charge in [0.25, 0.3) is 5.91 Å². The van der Waals surface area contributed by atoms with Gasteiger partial charge in [0.05, 0.1) is 37.3 Å². The van der Waals surface area contributed by atoms with Gasteiger partial charge in [-0.1, -0.05) is 96.0 Å². The summed E-state index contributed by atoms with van der Waals surface area (Å²) < 4.78 is 14.7. The van der Waals surface area contributed by atoms with Gasteiger partial charge in [0, 0.05) is 30.9 Å². The minimum Gasteiger partial charge on any atom is -0.392 e. The molecule has 0 unspecified atom stereocenters. The minimum absolute atomic E-state index is 0.0214. The molecule has 1 fully saturated rings. The normalized spacial score (nSPS) is 18.2. The molecule has 0 saturated carbocycles. The third kappa shape index (κ3) is 6.85. The highest BCUT2D eigenvalue weighted by atomic mass is 35.5. The van der Waals surface area contributed by atoms with Gasteiger partial charge in [-0.3, -0.25) is 9.78 Å². The van der Waals surface area contributed by atoms with Crippen molar-refractivity contribution in [2.75, 3.05) is 0 Å². The van der Waals surface area contributed by atoms with Gasteiger partial charge in [-0.25, -0.2) is 4.98 Å². The maximum Gasteiger partial charge on any atom is 0.253 e. The van der Waals surface area contributed by atoms with Gasteiger partial charge < -0.3 is 24.5 Å². The van der Waals surface area contributed by atoms with Gasteiger partial charge in [0.1, 0.15) is 5.15 Å². The van der Waals surface area contributed by atoms with E-state index < -0.39 is 6.29 Å². The smallest absolute Gasteiger partial charge is 0.253 e. The summed E-state index contributed by atoms with van der Waals surface area (Å²) in [6.45, 7) is 0.812. The molecule has 3 heterocycles. The molecule has 3 atom stereocenters. The van der Waals surface area contributed by atoms with E-state index >= 15 is 0 Å². The van der Waals surface area contributed by atoms with Gasteiger partial charge in [-0.05, 0) is 39.9 Å². The Morgan fingerprint density at radius 3 is 2.43 bits per heavy atom. The van der Waals surface area contributed by atoms with Crippen LogP contribution in [0.15, 0.2) is 104 Å². The highest BCUT2D eigenvalue weighted by Crippen LogP contribution is 2.39. The Hall–Kier alpha value is -4.05. The second-order valence-electron chi connectivity index (χ2n) is 10.5. The number of pyridine rings is 1. The number of carbonyl (C=O) groups excluding carboxylic acids is 1. The fraction of sp³-hybridized carbons (Fsp3) is 0.206. The first kappa shape index (κ1) is 30.0. The number of amides is 1. The molecule has 0 radical (unpaired) electrons. The molecule has 0 spiro atoms. The average molecular weight is 630 g/mol. The molecular weight excluding hydrogens is 599 g/mol. The van der Waals surface area contributed by atoms with Crippen molar-refractivity contribution in [3.8, 4) is 11.1 Å². The maximum atomic E-state index is 12.6. The van der Waals surface area contributed by atoms with Crippen molar-refractivity contribution in [3.63, 3.8) is 0 Å². The lowest BCUT2D eigenvalue weighted by Crippen LogP contribution is -2.32. The monoisotopic (exact) mass is 628 g/mol. The number of aliphatic hydroxyl groups excluding tert-OH is 1. The summed E-state index contributed by atoms with van der Waals surface area (Å²) in [5, 5.41) is 13.1.